The molecule has 27 heavy (non-hydrogen) atoms. The molecule has 0 fully saturated rings. The summed E-state index contributed by atoms with van der Waals surface area (Å²) in [5.74, 6) is -0.540. The molecule has 0 aliphatic carbocycles. The van der Waals surface area contributed by atoms with Crippen LogP contribution in [0.15, 0.2) is 48.9 Å². The highest BCUT2D eigenvalue weighted by atomic mass is 35.5. The Kier molecular flexibility index (Phi) is 5.56. The number of halogens is 1. The third-order valence-corrected chi connectivity index (χ3v) is 4.11. The van der Waals surface area contributed by atoms with Crippen molar-refractivity contribution < 1.29 is 9.59 Å². The van der Waals surface area contributed by atoms with E-state index in [0.717, 1.165) is 0 Å². The zero-order chi connectivity index (χ0) is 19.4. The summed E-state index contributed by atoms with van der Waals surface area (Å²) in [6.07, 6.45) is 5.35. The Hall–Kier alpha value is -3.13. The molecule has 0 bridgehead atoms. The maximum absolute atomic E-state index is 12.6. The van der Waals surface area contributed by atoms with Gasteiger partial charge in [-0.2, -0.15) is 10.2 Å². The van der Waals surface area contributed by atoms with Crippen molar-refractivity contribution in [3.8, 4) is 0 Å². The first-order valence-electron chi connectivity index (χ1n) is 8.38. The van der Waals surface area contributed by atoms with Crippen molar-refractivity contribution >= 4 is 34.8 Å². The molecular weight excluding hydrogens is 368 g/mol. The highest BCUT2D eigenvalue weighted by Gasteiger charge is 2.19. The van der Waals surface area contributed by atoms with Crippen molar-refractivity contribution in [3.63, 3.8) is 0 Å². The van der Waals surface area contributed by atoms with E-state index < -0.39 is 6.04 Å². The van der Waals surface area contributed by atoms with Gasteiger partial charge in [0.25, 0.3) is 5.91 Å². The second-order valence-electron chi connectivity index (χ2n) is 5.96. The summed E-state index contributed by atoms with van der Waals surface area (Å²) in [7, 11) is 1.74. The van der Waals surface area contributed by atoms with Crippen LogP contribution in [-0.4, -0.2) is 31.4 Å². The normalized spacial score (nSPS) is 11.8. The van der Waals surface area contributed by atoms with Gasteiger partial charge in [-0.25, -0.2) is 0 Å². The minimum atomic E-state index is -0.482. The molecule has 1 aromatic carbocycles. The number of carbonyl (C=O) groups is 2. The third-order valence-electron chi connectivity index (χ3n) is 3.91. The van der Waals surface area contributed by atoms with Crippen LogP contribution >= 0.6 is 11.6 Å². The number of rotatable bonds is 6. The van der Waals surface area contributed by atoms with E-state index in [1.807, 2.05) is 6.92 Å². The maximum Gasteiger partial charge on any atom is 0.276 e. The zero-order valence-corrected chi connectivity index (χ0v) is 15.6. The molecule has 0 aliphatic heterocycles. The molecule has 2 amide bonds. The molecule has 0 saturated heterocycles. The number of anilines is 2. The predicted molar refractivity (Wildman–Crippen MR) is 103 cm³/mol. The Morgan fingerprint density at radius 1 is 1.22 bits per heavy atom. The Balaban J connectivity index is 1.69. The Labute approximate surface area is 161 Å². The molecule has 8 nitrogen and oxygen atoms in total. The fourth-order valence-corrected chi connectivity index (χ4v) is 2.75. The fourth-order valence-electron chi connectivity index (χ4n) is 2.61. The summed E-state index contributed by atoms with van der Waals surface area (Å²) in [6, 6.07) is 8.06. The van der Waals surface area contributed by atoms with Crippen LogP contribution in [0.25, 0.3) is 0 Å². The van der Waals surface area contributed by atoms with Crippen molar-refractivity contribution in [1.82, 2.24) is 19.6 Å². The first-order chi connectivity index (χ1) is 13.0. The smallest absolute Gasteiger partial charge is 0.276 e. The van der Waals surface area contributed by atoms with Crippen LogP contribution in [0.1, 0.15) is 29.9 Å². The lowest BCUT2D eigenvalue weighted by Gasteiger charge is -2.16. The second kappa shape index (κ2) is 8.05. The number of carbonyl (C=O) groups excluding carboxylic acids is 2. The van der Waals surface area contributed by atoms with E-state index in [1.54, 1.807) is 54.5 Å². The number of aryl methyl sites for hydroxylation is 1. The van der Waals surface area contributed by atoms with Crippen molar-refractivity contribution in [1.29, 1.82) is 0 Å². The van der Waals surface area contributed by atoms with E-state index in [9.17, 15) is 9.59 Å². The van der Waals surface area contributed by atoms with Crippen molar-refractivity contribution in [3.05, 3.63) is 59.6 Å². The molecule has 1 atom stereocenters. The van der Waals surface area contributed by atoms with Gasteiger partial charge < -0.3 is 10.6 Å². The SMILES string of the molecule is CCC(C(=O)Nc1cccc(NC(=O)c2ccn(C)n2)c1)n1cc(Cl)cn1. The molecule has 140 valence electrons. The number of aromatic nitrogens is 4. The van der Waals surface area contributed by atoms with E-state index in [1.165, 1.54) is 10.9 Å². The van der Waals surface area contributed by atoms with Crippen molar-refractivity contribution in [2.45, 2.75) is 19.4 Å². The number of nitrogens with zero attached hydrogens (tertiary/aromatic N) is 4. The van der Waals surface area contributed by atoms with E-state index in [2.05, 4.69) is 20.8 Å². The molecular formula is C18H19ClN6O2. The highest BCUT2D eigenvalue weighted by Crippen LogP contribution is 2.20. The van der Waals surface area contributed by atoms with Crippen molar-refractivity contribution in [2.75, 3.05) is 10.6 Å². The van der Waals surface area contributed by atoms with Gasteiger partial charge in [0.05, 0.1) is 11.2 Å². The molecule has 3 rings (SSSR count). The number of amides is 2. The number of benzene rings is 1. The van der Waals surface area contributed by atoms with E-state index in [4.69, 9.17) is 11.6 Å². The minimum absolute atomic E-state index is 0.217. The van der Waals surface area contributed by atoms with Gasteiger partial charge in [0.1, 0.15) is 6.04 Å². The molecule has 2 aromatic heterocycles. The van der Waals surface area contributed by atoms with Gasteiger partial charge >= 0.3 is 0 Å². The largest absolute Gasteiger partial charge is 0.324 e. The molecule has 0 radical (unpaired) electrons. The van der Waals surface area contributed by atoms with E-state index in [-0.39, 0.29) is 11.8 Å². The first kappa shape index (κ1) is 18.7. The van der Waals surface area contributed by atoms with Crippen LogP contribution in [0.3, 0.4) is 0 Å². The van der Waals surface area contributed by atoms with Crippen molar-refractivity contribution in [2.24, 2.45) is 7.05 Å². The van der Waals surface area contributed by atoms with Crippen LogP contribution in [0.2, 0.25) is 5.02 Å². The lowest BCUT2D eigenvalue weighted by Crippen LogP contribution is -2.26. The summed E-state index contributed by atoms with van der Waals surface area (Å²) in [6.45, 7) is 1.89. The first-order valence-corrected chi connectivity index (χ1v) is 8.75. The molecule has 9 heteroatoms. The Morgan fingerprint density at radius 3 is 2.56 bits per heavy atom. The molecule has 2 heterocycles. The average Bonchev–Trinajstić information content (AvgIpc) is 3.24. The molecule has 2 N–H and O–H groups in total. The van der Waals surface area contributed by atoms with Gasteiger partial charge in [0, 0.05) is 30.8 Å². The highest BCUT2D eigenvalue weighted by molar-refractivity contribution is 6.30. The second-order valence-corrected chi connectivity index (χ2v) is 6.40. The minimum Gasteiger partial charge on any atom is -0.324 e. The third kappa shape index (κ3) is 4.53. The fraction of sp³-hybridized carbons (Fsp3) is 0.222. The molecule has 0 saturated carbocycles. The summed E-state index contributed by atoms with van der Waals surface area (Å²) < 4.78 is 3.09. The number of nitrogens with one attached hydrogen (secondary N) is 2. The predicted octanol–water partition coefficient (Wildman–Crippen LogP) is 3.11. The van der Waals surface area contributed by atoms with Gasteiger partial charge in [-0.15, -0.1) is 0 Å². The van der Waals surface area contributed by atoms with Gasteiger partial charge in [-0.3, -0.25) is 19.0 Å². The number of hydrogen-bond donors (Lipinski definition) is 2. The standard InChI is InChI=1S/C18H19ClN6O2/c1-3-16(25-11-12(19)10-20-25)18(27)22-14-6-4-5-13(9-14)21-17(26)15-7-8-24(2)23-15/h4-11,16H,3H2,1-2H3,(H,21,26)(H,22,27). The monoisotopic (exact) mass is 386 g/mol. The maximum atomic E-state index is 12.6. The van der Waals surface area contributed by atoms with Crippen LogP contribution in [0.5, 0.6) is 0 Å². The van der Waals surface area contributed by atoms with Crippen LogP contribution in [0, 0.1) is 0 Å². The van der Waals surface area contributed by atoms with E-state index >= 15 is 0 Å². The molecule has 0 spiro atoms. The van der Waals surface area contributed by atoms with Gasteiger partial charge in [0.2, 0.25) is 5.91 Å². The topological polar surface area (TPSA) is 93.8 Å². The average molecular weight is 387 g/mol. The zero-order valence-electron chi connectivity index (χ0n) is 14.9. The summed E-state index contributed by atoms with van der Waals surface area (Å²) >= 11 is 5.89. The molecule has 1 unspecified atom stereocenters. The summed E-state index contributed by atoms with van der Waals surface area (Å²) in [4.78, 5) is 24.8. The molecule has 0 aliphatic rings. The van der Waals surface area contributed by atoms with Gasteiger partial charge in [-0.1, -0.05) is 24.6 Å². The van der Waals surface area contributed by atoms with Crippen LogP contribution < -0.4 is 10.6 Å². The summed E-state index contributed by atoms with van der Waals surface area (Å²) in [5.41, 5.74) is 1.43. The number of hydrogen-bond acceptors (Lipinski definition) is 4. The van der Waals surface area contributed by atoms with Crippen LogP contribution in [0.4, 0.5) is 11.4 Å². The van der Waals surface area contributed by atoms with Gasteiger partial charge in [-0.05, 0) is 30.7 Å². The summed E-state index contributed by atoms with van der Waals surface area (Å²) in [5, 5.41) is 14.2. The lowest BCUT2D eigenvalue weighted by molar-refractivity contribution is -0.119. The van der Waals surface area contributed by atoms with Crippen LogP contribution in [-0.2, 0) is 11.8 Å². The Morgan fingerprint density at radius 2 is 1.96 bits per heavy atom. The lowest BCUT2D eigenvalue weighted by atomic mass is 10.2. The van der Waals surface area contributed by atoms with Gasteiger partial charge in [0.15, 0.2) is 5.69 Å². The Bertz CT molecular complexity index is 964. The quantitative estimate of drug-likeness (QED) is 0.680. The van der Waals surface area contributed by atoms with E-state index in [0.29, 0.717) is 28.5 Å². The molecule has 3 aromatic rings.